The third-order valence-corrected chi connectivity index (χ3v) is 3.90. The molecule has 0 aliphatic carbocycles. The lowest BCUT2D eigenvalue weighted by Gasteiger charge is -2.36. The van der Waals surface area contributed by atoms with Crippen molar-refractivity contribution in [2.45, 2.75) is 45.6 Å². The summed E-state index contributed by atoms with van der Waals surface area (Å²) in [4.78, 5) is 26.4. The van der Waals surface area contributed by atoms with Gasteiger partial charge in [-0.15, -0.1) is 0 Å². The van der Waals surface area contributed by atoms with Crippen LogP contribution in [0.15, 0.2) is 0 Å². The summed E-state index contributed by atoms with van der Waals surface area (Å²) < 4.78 is 0. The number of carbonyl (C=O) groups excluding carboxylic acids is 1. The van der Waals surface area contributed by atoms with Gasteiger partial charge >= 0.3 is 12.0 Å². The molecule has 0 aromatic carbocycles. The lowest BCUT2D eigenvalue weighted by Crippen LogP contribution is -2.48. The molecule has 1 atom stereocenters. The Morgan fingerprint density at radius 3 is 2.39 bits per heavy atom. The van der Waals surface area contributed by atoms with Crippen LogP contribution in [-0.4, -0.2) is 53.1 Å². The highest BCUT2D eigenvalue weighted by Gasteiger charge is 2.27. The predicted octanol–water partition coefficient (Wildman–Crippen LogP) is 2.02. The molecule has 1 aliphatic heterocycles. The molecular weight excluding hydrogens is 232 g/mol. The SMILES string of the molecule is CCC(C)N(C)C(=O)N1CCC(CC(=O)O)CC1. The summed E-state index contributed by atoms with van der Waals surface area (Å²) in [5, 5.41) is 8.74. The molecule has 1 fully saturated rings. The zero-order valence-electron chi connectivity index (χ0n) is 11.6. The fraction of sp³-hybridized carbons (Fsp3) is 0.846. The van der Waals surface area contributed by atoms with Crippen molar-refractivity contribution < 1.29 is 14.7 Å². The van der Waals surface area contributed by atoms with Crippen molar-refractivity contribution in [1.82, 2.24) is 9.80 Å². The second-order valence-corrected chi connectivity index (χ2v) is 5.18. The second-order valence-electron chi connectivity index (χ2n) is 5.18. The molecule has 0 bridgehead atoms. The number of hydrogen-bond donors (Lipinski definition) is 1. The van der Waals surface area contributed by atoms with E-state index in [0.717, 1.165) is 19.3 Å². The summed E-state index contributed by atoms with van der Waals surface area (Å²) in [7, 11) is 1.83. The van der Waals surface area contributed by atoms with Crippen LogP contribution in [-0.2, 0) is 4.79 Å². The Kier molecular flexibility index (Phi) is 5.44. The minimum absolute atomic E-state index is 0.0677. The molecule has 1 N–H and O–H groups in total. The van der Waals surface area contributed by atoms with Crippen LogP contribution in [0, 0.1) is 5.92 Å². The lowest BCUT2D eigenvalue weighted by atomic mass is 9.94. The number of carboxylic acid groups (broad SMARTS) is 1. The molecule has 1 aliphatic rings. The van der Waals surface area contributed by atoms with E-state index in [-0.39, 0.29) is 24.4 Å². The van der Waals surface area contributed by atoms with Crippen LogP contribution >= 0.6 is 0 Å². The number of carbonyl (C=O) groups is 2. The van der Waals surface area contributed by atoms with Gasteiger partial charge in [-0.25, -0.2) is 4.79 Å². The molecule has 0 saturated carbocycles. The molecule has 104 valence electrons. The first-order valence-electron chi connectivity index (χ1n) is 6.69. The van der Waals surface area contributed by atoms with E-state index in [1.807, 2.05) is 18.9 Å². The average molecular weight is 256 g/mol. The lowest BCUT2D eigenvalue weighted by molar-refractivity contribution is -0.138. The number of aliphatic carboxylic acids is 1. The van der Waals surface area contributed by atoms with Crippen LogP contribution in [0.5, 0.6) is 0 Å². The summed E-state index contributed by atoms with van der Waals surface area (Å²) in [6.45, 7) is 5.46. The molecule has 5 nitrogen and oxygen atoms in total. The summed E-state index contributed by atoms with van der Waals surface area (Å²) in [5.41, 5.74) is 0. The Bertz CT molecular complexity index is 299. The topological polar surface area (TPSA) is 60.9 Å². The normalized spacial score (nSPS) is 18.5. The first kappa shape index (κ1) is 14.8. The number of nitrogens with zero attached hydrogens (tertiary/aromatic N) is 2. The molecule has 0 spiro atoms. The maximum absolute atomic E-state index is 12.2. The van der Waals surface area contributed by atoms with Crippen LogP contribution in [0.3, 0.4) is 0 Å². The Balaban J connectivity index is 2.42. The number of hydrogen-bond acceptors (Lipinski definition) is 2. The first-order chi connectivity index (χ1) is 8.45. The number of piperidine rings is 1. The quantitative estimate of drug-likeness (QED) is 0.837. The Hall–Kier alpha value is -1.26. The van der Waals surface area contributed by atoms with Crippen LogP contribution < -0.4 is 0 Å². The van der Waals surface area contributed by atoms with E-state index < -0.39 is 5.97 Å². The highest BCUT2D eigenvalue weighted by atomic mass is 16.4. The van der Waals surface area contributed by atoms with Crippen molar-refractivity contribution in [2.75, 3.05) is 20.1 Å². The average Bonchev–Trinajstić information content (AvgIpc) is 2.36. The van der Waals surface area contributed by atoms with Crippen molar-refractivity contribution in [3.8, 4) is 0 Å². The zero-order valence-corrected chi connectivity index (χ0v) is 11.6. The summed E-state index contributed by atoms with van der Waals surface area (Å²) in [5.74, 6) is -0.517. The molecule has 0 radical (unpaired) electrons. The molecular formula is C13H24N2O3. The third kappa shape index (κ3) is 3.89. The van der Waals surface area contributed by atoms with E-state index in [0.29, 0.717) is 13.1 Å². The van der Waals surface area contributed by atoms with Gasteiger partial charge in [-0.2, -0.15) is 0 Å². The maximum atomic E-state index is 12.2. The van der Waals surface area contributed by atoms with Crippen LogP contribution in [0.25, 0.3) is 0 Å². The van der Waals surface area contributed by atoms with Crippen molar-refractivity contribution in [2.24, 2.45) is 5.92 Å². The number of urea groups is 1. The molecule has 2 amide bonds. The van der Waals surface area contributed by atoms with E-state index in [4.69, 9.17) is 5.11 Å². The zero-order chi connectivity index (χ0) is 13.7. The van der Waals surface area contributed by atoms with Gasteiger partial charge in [0, 0.05) is 32.6 Å². The minimum Gasteiger partial charge on any atom is -0.481 e. The fourth-order valence-corrected chi connectivity index (χ4v) is 2.26. The Labute approximate surface area is 109 Å². The van der Waals surface area contributed by atoms with E-state index in [2.05, 4.69) is 6.92 Å². The molecule has 18 heavy (non-hydrogen) atoms. The van der Waals surface area contributed by atoms with Gasteiger partial charge in [0.25, 0.3) is 0 Å². The van der Waals surface area contributed by atoms with Gasteiger partial charge in [0.2, 0.25) is 0 Å². The third-order valence-electron chi connectivity index (χ3n) is 3.90. The smallest absolute Gasteiger partial charge is 0.319 e. The van der Waals surface area contributed by atoms with Gasteiger partial charge in [-0.1, -0.05) is 6.92 Å². The molecule has 5 heteroatoms. The van der Waals surface area contributed by atoms with E-state index in [1.54, 1.807) is 4.90 Å². The summed E-state index contributed by atoms with van der Waals surface area (Å²) in [6, 6.07) is 0.312. The van der Waals surface area contributed by atoms with Crippen molar-refractivity contribution in [3.63, 3.8) is 0 Å². The minimum atomic E-state index is -0.739. The number of likely N-dealkylation sites (tertiary alicyclic amines) is 1. The molecule has 1 saturated heterocycles. The highest BCUT2D eigenvalue weighted by Crippen LogP contribution is 2.21. The van der Waals surface area contributed by atoms with E-state index in [9.17, 15) is 9.59 Å². The Morgan fingerprint density at radius 2 is 1.94 bits per heavy atom. The molecule has 1 heterocycles. The predicted molar refractivity (Wildman–Crippen MR) is 69.5 cm³/mol. The maximum Gasteiger partial charge on any atom is 0.319 e. The number of amides is 2. The summed E-state index contributed by atoms with van der Waals surface area (Å²) >= 11 is 0. The van der Waals surface area contributed by atoms with Crippen LogP contribution in [0.2, 0.25) is 0 Å². The second kappa shape index (κ2) is 6.61. The van der Waals surface area contributed by atoms with Gasteiger partial charge in [-0.05, 0) is 32.1 Å². The monoisotopic (exact) mass is 256 g/mol. The van der Waals surface area contributed by atoms with Crippen LogP contribution in [0.4, 0.5) is 4.79 Å². The number of rotatable bonds is 4. The molecule has 1 unspecified atom stereocenters. The van der Waals surface area contributed by atoms with Gasteiger partial charge in [0.1, 0.15) is 0 Å². The van der Waals surface area contributed by atoms with E-state index >= 15 is 0 Å². The first-order valence-corrected chi connectivity index (χ1v) is 6.69. The van der Waals surface area contributed by atoms with Gasteiger partial charge in [-0.3, -0.25) is 4.79 Å². The number of carboxylic acids is 1. The summed E-state index contributed by atoms with van der Waals surface area (Å²) in [6.07, 6.45) is 2.76. The van der Waals surface area contributed by atoms with Crippen molar-refractivity contribution in [3.05, 3.63) is 0 Å². The van der Waals surface area contributed by atoms with Gasteiger partial charge in [0.15, 0.2) is 0 Å². The molecule has 0 aromatic heterocycles. The largest absolute Gasteiger partial charge is 0.481 e. The standard InChI is InChI=1S/C13H24N2O3/c1-4-10(2)14(3)13(18)15-7-5-11(6-8-15)9-12(16)17/h10-11H,4-9H2,1-3H3,(H,16,17). The van der Waals surface area contributed by atoms with Crippen molar-refractivity contribution in [1.29, 1.82) is 0 Å². The fourth-order valence-electron chi connectivity index (χ4n) is 2.26. The van der Waals surface area contributed by atoms with E-state index in [1.165, 1.54) is 0 Å². The van der Waals surface area contributed by atoms with Crippen LogP contribution in [0.1, 0.15) is 39.5 Å². The highest BCUT2D eigenvalue weighted by molar-refractivity contribution is 5.74. The van der Waals surface area contributed by atoms with Crippen molar-refractivity contribution >= 4 is 12.0 Å². The molecule has 0 aromatic rings. The Morgan fingerprint density at radius 1 is 1.39 bits per heavy atom. The van der Waals surface area contributed by atoms with Gasteiger partial charge in [0.05, 0.1) is 0 Å². The molecule has 1 rings (SSSR count). The van der Waals surface area contributed by atoms with Gasteiger partial charge < -0.3 is 14.9 Å².